The molecule has 128 valence electrons. The number of anilines is 1. The predicted molar refractivity (Wildman–Crippen MR) is 99.4 cm³/mol. The molecule has 2 aromatic heterocycles. The molecule has 2 heterocycles. The summed E-state index contributed by atoms with van der Waals surface area (Å²) in [6, 6.07) is 7.62. The zero-order chi connectivity index (χ0) is 17.2. The summed E-state index contributed by atoms with van der Waals surface area (Å²) in [5.74, 6) is 0.609. The molecule has 0 atom stereocenters. The van der Waals surface area contributed by atoms with Crippen molar-refractivity contribution in [3.05, 3.63) is 46.7 Å². The topological polar surface area (TPSA) is 64.1 Å². The van der Waals surface area contributed by atoms with Gasteiger partial charge in [0, 0.05) is 23.1 Å². The van der Waals surface area contributed by atoms with Crippen molar-refractivity contribution in [3.63, 3.8) is 0 Å². The fourth-order valence-corrected chi connectivity index (χ4v) is 4.00. The molecule has 0 radical (unpaired) electrons. The van der Waals surface area contributed by atoms with Crippen molar-refractivity contribution in [1.29, 1.82) is 0 Å². The van der Waals surface area contributed by atoms with Gasteiger partial charge in [-0.1, -0.05) is 0 Å². The maximum Gasteiger partial charge on any atom is 0.262 e. The third kappa shape index (κ3) is 3.49. The van der Waals surface area contributed by atoms with Gasteiger partial charge in [0.25, 0.3) is 5.91 Å². The molecular formula is C19H19N3O2S. The zero-order valence-electron chi connectivity index (χ0n) is 14.0. The normalized spacial score (nSPS) is 13.5. The van der Waals surface area contributed by atoms with E-state index >= 15 is 0 Å². The number of nitrogens with zero attached hydrogens (tertiary/aromatic N) is 2. The highest BCUT2D eigenvalue weighted by atomic mass is 32.1. The lowest BCUT2D eigenvalue weighted by Crippen LogP contribution is -2.21. The minimum absolute atomic E-state index is 0.00934. The van der Waals surface area contributed by atoms with Gasteiger partial charge in [0.15, 0.2) is 6.61 Å². The van der Waals surface area contributed by atoms with Gasteiger partial charge in [-0.25, -0.2) is 4.98 Å². The van der Waals surface area contributed by atoms with Crippen LogP contribution in [0.5, 0.6) is 5.75 Å². The van der Waals surface area contributed by atoms with Crippen molar-refractivity contribution in [1.82, 2.24) is 9.97 Å². The molecule has 5 nitrogen and oxygen atoms in total. The van der Waals surface area contributed by atoms with E-state index in [0.717, 1.165) is 57.2 Å². The number of ether oxygens (including phenoxy) is 1. The fraction of sp³-hybridized carbons (Fsp3) is 0.316. The highest BCUT2D eigenvalue weighted by Crippen LogP contribution is 2.28. The molecule has 1 aliphatic rings. The third-order valence-electron chi connectivity index (χ3n) is 4.33. The van der Waals surface area contributed by atoms with E-state index < -0.39 is 0 Å². The maximum absolute atomic E-state index is 12.2. The summed E-state index contributed by atoms with van der Waals surface area (Å²) in [5, 5.41) is 3.90. The van der Waals surface area contributed by atoms with Crippen LogP contribution in [-0.4, -0.2) is 22.5 Å². The summed E-state index contributed by atoms with van der Waals surface area (Å²) in [6.45, 7) is 1.97. The lowest BCUT2D eigenvalue weighted by atomic mass is 9.95. The van der Waals surface area contributed by atoms with Crippen LogP contribution in [0.3, 0.4) is 0 Å². The van der Waals surface area contributed by atoms with Crippen LogP contribution in [0.2, 0.25) is 0 Å². The summed E-state index contributed by atoms with van der Waals surface area (Å²) >= 11 is 1.65. The number of thiazole rings is 1. The van der Waals surface area contributed by atoms with Crippen LogP contribution in [0.4, 0.5) is 5.69 Å². The fourth-order valence-electron chi connectivity index (χ4n) is 3.19. The van der Waals surface area contributed by atoms with Gasteiger partial charge in [0.2, 0.25) is 0 Å². The molecule has 3 aromatic rings. The van der Waals surface area contributed by atoms with Crippen molar-refractivity contribution < 1.29 is 9.53 Å². The van der Waals surface area contributed by atoms with E-state index in [4.69, 9.17) is 4.74 Å². The van der Waals surface area contributed by atoms with Gasteiger partial charge in [-0.15, -0.1) is 11.3 Å². The lowest BCUT2D eigenvalue weighted by Gasteiger charge is -2.18. The van der Waals surface area contributed by atoms with E-state index in [9.17, 15) is 4.79 Å². The van der Waals surface area contributed by atoms with E-state index in [2.05, 4.69) is 15.3 Å². The SMILES string of the molecule is Cc1nc2cc(NC(=O)COc3ccnc4c3CCCC4)ccc2s1. The number of hydrogen-bond donors (Lipinski definition) is 1. The second-order valence-electron chi connectivity index (χ2n) is 6.19. The number of carbonyl (C=O) groups is 1. The smallest absolute Gasteiger partial charge is 0.262 e. The van der Waals surface area contributed by atoms with Gasteiger partial charge in [-0.2, -0.15) is 0 Å². The summed E-state index contributed by atoms with van der Waals surface area (Å²) in [4.78, 5) is 21.1. The summed E-state index contributed by atoms with van der Waals surface area (Å²) < 4.78 is 6.88. The Labute approximate surface area is 150 Å². The molecule has 0 saturated heterocycles. The van der Waals surface area contributed by atoms with Gasteiger partial charge < -0.3 is 10.1 Å². The first-order valence-corrected chi connectivity index (χ1v) is 9.27. The molecule has 1 aromatic carbocycles. The highest BCUT2D eigenvalue weighted by Gasteiger charge is 2.16. The summed E-state index contributed by atoms with van der Waals surface area (Å²) in [5.41, 5.74) is 3.90. The Hall–Kier alpha value is -2.47. The number of carbonyl (C=O) groups excluding carboxylic acids is 1. The molecular weight excluding hydrogens is 334 g/mol. The highest BCUT2D eigenvalue weighted by molar-refractivity contribution is 7.18. The Balaban J connectivity index is 1.42. The molecule has 0 spiro atoms. The van der Waals surface area contributed by atoms with E-state index in [1.54, 1.807) is 17.5 Å². The lowest BCUT2D eigenvalue weighted by molar-refractivity contribution is -0.118. The van der Waals surface area contributed by atoms with E-state index in [1.165, 1.54) is 6.42 Å². The van der Waals surface area contributed by atoms with Gasteiger partial charge in [0.1, 0.15) is 5.75 Å². The number of aryl methyl sites for hydroxylation is 2. The number of hydrogen-bond acceptors (Lipinski definition) is 5. The molecule has 1 amide bonds. The van der Waals surface area contributed by atoms with Crippen molar-refractivity contribution >= 4 is 33.1 Å². The van der Waals surface area contributed by atoms with Crippen molar-refractivity contribution in [2.75, 3.05) is 11.9 Å². The van der Waals surface area contributed by atoms with E-state index in [0.29, 0.717) is 0 Å². The molecule has 4 rings (SSSR count). The van der Waals surface area contributed by atoms with Crippen LogP contribution in [0.25, 0.3) is 10.2 Å². The van der Waals surface area contributed by atoms with Crippen LogP contribution in [-0.2, 0) is 17.6 Å². The number of rotatable bonds is 4. The van der Waals surface area contributed by atoms with Gasteiger partial charge in [-0.3, -0.25) is 9.78 Å². The van der Waals surface area contributed by atoms with Crippen molar-refractivity contribution in [3.8, 4) is 5.75 Å². The molecule has 25 heavy (non-hydrogen) atoms. The Morgan fingerprint density at radius 2 is 2.16 bits per heavy atom. The number of pyridine rings is 1. The second kappa shape index (κ2) is 6.80. The standard InChI is InChI=1S/C19H19N3O2S/c1-12-21-16-10-13(6-7-18(16)25-12)22-19(23)11-24-17-8-9-20-15-5-3-2-4-14(15)17/h6-10H,2-5,11H2,1H3,(H,22,23). The van der Waals surface area contributed by atoms with E-state index in [1.807, 2.05) is 31.2 Å². The van der Waals surface area contributed by atoms with Crippen LogP contribution >= 0.6 is 11.3 Å². The van der Waals surface area contributed by atoms with Crippen LogP contribution in [0.15, 0.2) is 30.5 Å². The molecule has 0 fully saturated rings. The average molecular weight is 353 g/mol. The first kappa shape index (κ1) is 16.0. The second-order valence-corrected chi connectivity index (χ2v) is 7.43. The first-order chi connectivity index (χ1) is 12.2. The monoisotopic (exact) mass is 353 g/mol. The molecule has 0 bridgehead atoms. The molecule has 0 saturated carbocycles. The molecule has 0 unspecified atom stereocenters. The predicted octanol–water partition coefficient (Wildman–Crippen LogP) is 3.90. The molecule has 1 aliphatic carbocycles. The minimum Gasteiger partial charge on any atom is -0.483 e. The van der Waals surface area contributed by atoms with Gasteiger partial charge in [0.05, 0.1) is 15.2 Å². The molecule has 6 heteroatoms. The number of benzene rings is 1. The van der Waals surface area contributed by atoms with Crippen LogP contribution < -0.4 is 10.1 Å². The number of aromatic nitrogens is 2. The quantitative estimate of drug-likeness (QED) is 0.773. The maximum atomic E-state index is 12.2. The summed E-state index contributed by atoms with van der Waals surface area (Å²) in [7, 11) is 0. The molecule has 0 aliphatic heterocycles. The zero-order valence-corrected chi connectivity index (χ0v) is 14.9. The number of amides is 1. The number of fused-ring (bicyclic) bond motifs is 2. The average Bonchev–Trinajstić information content (AvgIpc) is 2.99. The Kier molecular flexibility index (Phi) is 4.36. The minimum atomic E-state index is -0.173. The van der Waals surface area contributed by atoms with Crippen molar-refractivity contribution in [2.45, 2.75) is 32.6 Å². The summed E-state index contributed by atoms with van der Waals surface area (Å²) in [6.07, 6.45) is 6.04. The molecule has 1 N–H and O–H groups in total. The Morgan fingerprint density at radius 1 is 1.28 bits per heavy atom. The van der Waals surface area contributed by atoms with Crippen molar-refractivity contribution in [2.24, 2.45) is 0 Å². The Bertz CT molecular complexity index is 936. The largest absolute Gasteiger partial charge is 0.483 e. The third-order valence-corrected chi connectivity index (χ3v) is 5.28. The van der Waals surface area contributed by atoms with Gasteiger partial charge in [-0.05, 0) is 56.9 Å². The Morgan fingerprint density at radius 3 is 3.08 bits per heavy atom. The first-order valence-electron chi connectivity index (χ1n) is 8.45. The van der Waals surface area contributed by atoms with Crippen LogP contribution in [0.1, 0.15) is 29.1 Å². The van der Waals surface area contributed by atoms with Gasteiger partial charge >= 0.3 is 0 Å². The number of nitrogens with one attached hydrogen (secondary N) is 1. The van der Waals surface area contributed by atoms with E-state index in [-0.39, 0.29) is 12.5 Å². The van der Waals surface area contributed by atoms with Crippen LogP contribution in [0, 0.1) is 6.92 Å².